The van der Waals surface area contributed by atoms with Gasteiger partial charge in [0.25, 0.3) is 17.4 Å². The maximum absolute atomic E-state index is 15.4. The van der Waals surface area contributed by atoms with Crippen molar-refractivity contribution in [2.75, 3.05) is 46.1 Å². The van der Waals surface area contributed by atoms with Crippen LogP contribution < -0.4 is 32.1 Å². The Hall–Kier alpha value is -8.18. The van der Waals surface area contributed by atoms with E-state index in [4.69, 9.17) is 14.5 Å². The van der Waals surface area contributed by atoms with Crippen molar-refractivity contribution in [3.05, 3.63) is 110 Å². The predicted octanol–water partition coefficient (Wildman–Crippen LogP) is 0.625. The third kappa shape index (κ3) is 10.9. The molecule has 0 spiro atoms. The number of nitrogens with one attached hydrogen (secondary N) is 5. The Balaban J connectivity index is 0.740. The molecule has 2 aromatic heterocycles. The Morgan fingerprint density at radius 3 is 2.34 bits per heavy atom. The van der Waals surface area contributed by atoms with Crippen molar-refractivity contribution in [1.82, 2.24) is 45.9 Å². The van der Waals surface area contributed by atoms with E-state index >= 15 is 4.39 Å². The number of amides is 8. The molecule has 5 aliphatic rings. The molecule has 23 heteroatoms. The lowest BCUT2D eigenvalue weighted by molar-refractivity contribution is -0.172. The SMILES string of the molecule is CC[C@@]1(O)C(=O)OCc2c1cc1n(c2=O)Cc2c-1nc1cc(F)c(C)c3c1c2[C@@H](N1CC(COCNC(=O)CNC(=O)[C@H](Cc2ccccc2)NC(=O)CNC(=O)CNC(=O)CCCCCN2C(=O)C=CC2=O)C1=O)CC3. The lowest BCUT2D eigenvalue weighted by Crippen LogP contribution is -2.56. The van der Waals surface area contributed by atoms with E-state index in [-0.39, 0.29) is 81.1 Å². The fraction of sp³-hybridized carbons (Fsp3) is 0.426. The summed E-state index contributed by atoms with van der Waals surface area (Å²) in [7, 11) is 0. The third-order valence-corrected chi connectivity index (χ3v) is 14.9. The lowest BCUT2D eigenvalue weighted by Gasteiger charge is -2.46. The molecule has 1 saturated heterocycles. The topological polar surface area (TPSA) is 294 Å². The highest BCUT2D eigenvalue weighted by Gasteiger charge is 2.48. The van der Waals surface area contributed by atoms with Gasteiger partial charge in [0.2, 0.25) is 35.4 Å². The predicted molar refractivity (Wildman–Crippen MR) is 270 cm³/mol. The molecule has 0 bridgehead atoms. The number of carbonyl (C=O) groups excluding carboxylic acids is 9. The van der Waals surface area contributed by atoms with Crippen molar-refractivity contribution in [1.29, 1.82) is 0 Å². The largest absolute Gasteiger partial charge is 0.458 e. The van der Waals surface area contributed by atoms with Crippen LogP contribution in [0.1, 0.15) is 90.4 Å². The van der Waals surface area contributed by atoms with E-state index in [0.29, 0.717) is 72.2 Å². The highest BCUT2D eigenvalue weighted by molar-refractivity contribution is 6.12. The summed E-state index contributed by atoms with van der Waals surface area (Å²) in [4.78, 5) is 136. The number of unbranched alkanes of at least 4 members (excludes halogenated alkanes) is 2. The van der Waals surface area contributed by atoms with Crippen LogP contribution in [0.3, 0.4) is 0 Å². The number of rotatable bonds is 22. The number of carbonyl (C=O) groups is 9. The number of nitrogens with zero attached hydrogens (tertiary/aromatic N) is 4. The van der Waals surface area contributed by atoms with Crippen LogP contribution in [0.15, 0.2) is 59.4 Å². The van der Waals surface area contributed by atoms with E-state index in [0.717, 1.165) is 21.4 Å². The van der Waals surface area contributed by atoms with Gasteiger partial charge in [0, 0.05) is 60.7 Å². The van der Waals surface area contributed by atoms with Crippen LogP contribution in [-0.2, 0) is 84.2 Å². The number of imide groups is 1. The molecule has 6 N–H and O–H groups in total. The number of cyclic esters (lactones) is 1. The summed E-state index contributed by atoms with van der Waals surface area (Å²) >= 11 is 0. The van der Waals surface area contributed by atoms with E-state index in [1.165, 1.54) is 22.8 Å². The van der Waals surface area contributed by atoms with Crippen molar-refractivity contribution in [2.24, 2.45) is 5.92 Å². The standard InChI is InChI=1S/C54H58FN9O13/c1-3-54(75)35-19-40-49-33(25-64(40)52(73)34(35)27-77-53(54)74)48-39(14-13-32-29(2)36(55)20-37(61-49)47(32)48)63-24-31(51(63)72)26-76-28-59-43(67)22-58-50(71)38(18-30-10-6-4-7-11-30)60-44(68)23-57-42(66)21-56-41(65)12-8-5-9-17-62-45(69)15-16-46(62)70/h4,6-7,10-11,15-16,19-20,31,38-39,75H,3,5,8-9,12-14,17-18,21-28H2,1-2H3,(H,56,65)(H,57,66)(H,58,71)(H,59,67)(H,60,68)/t31?,38-,39-,54-/m0/s1. The Bertz CT molecular complexity index is 3200. The number of hydrogen-bond donors (Lipinski definition) is 6. The Labute approximate surface area is 440 Å². The fourth-order valence-electron chi connectivity index (χ4n) is 10.7. The number of halogens is 1. The van der Waals surface area contributed by atoms with Crippen LogP contribution in [-0.4, -0.2) is 130 Å². The van der Waals surface area contributed by atoms with Gasteiger partial charge in [0.1, 0.15) is 25.2 Å². The van der Waals surface area contributed by atoms with Crippen LogP contribution in [0, 0.1) is 18.7 Å². The van der Waals surface area contributed by atoms with Crippen LogP contribution in [0.2, 0.25) is 0 Å². The van der Waals surface area contributed by atoms with E-state index in [1.807, 2.05) is 0 Å². The van der Waals surface area contributed by atoms with E-state index in [2.05, 4.69) is 26.6 Å². The first-order valence-electron chi connectivity index (χ1n) is 25.6. The molecular weight excluding hydrogens is 1000 g/mol. The first-order chi connectivity index (χ1) is 37.0. The van der Waals surface area contributed by atoms with Gasteiger partial charge < -0.3 is 50.6 Å². The minimum atomic E-state index is -2.04. The minimum Gasteiger partial charge on any atom is -0.458 e. The summed E-state index contributed by atoms with van der Waals surface area (Å²) in [5.41, 5.74) is 2.36. The van der Waals surface area contributed by atoms with Crippen molar-refractivity contribution < 1.29 is 62.1 Å². The van der Waals surface area contributed by atoms with Crippen molar-refractivity contribution in [2.45, 2.75) is 96.1 Å². The zero-order valence-corrected chi connectivity index (χ0v) is 42.5. The average molecular weight is 1060 g/mol. The summed E-state index contributed by atoms with van der Waals surface area (Å²) in [6, 6.07) is 10.2. The molecule has 2 aromatic carbocycles. The summed E-state index contributed by atoms with van der Waals surface area (Å²) in [5.74, 6) is -5.82. The summed E-state index contributed by atoms with van der Waals surface area (Å²) in [6.45, 7) is 1.97. The number of likely N-dealkylation sites (tertiary alicyclic amines) is 1. The molecule has 4 aromatic rings. The average Bonchev–Trinajstić information content (AvgIpc) is 4.10. The van der Waals surface area contributed by atoms with Crippen LogP contribution in [0.4, 0.5) is 4.39 Å². The van der Waals surface area contributed by atoms with E-state index < -0.39 is 90.1 Å². The Morgan fingerprint density at radius 2 is 1.60 bits per heavy atom. The fourth-order valence-corrected chi connectivity index (χ4v) is 10.7. The quantitative estimate of drug-likeness (QED) is 0.0182. The number of esters is 1. The molecule has 9 rings (SSSR count). The molecule has 22 nitrogen and oxygen atoms in total. The maximum atomic E-state index is 15.4. The molecule has 0 saturated carbocycles. The zero-order valence-electron chi connectivity index (χ0n) is 42.5. The lowest BCUT2D eigenvalue weighted by atomic mass is 9.79. The number of β-lactam (4-membered cyclic amide) rings is 1. The molecule has 8 amide bonds. The first kappa shape index (κ1) is 53.6. The number of pyridine rings is 2. The molecule has 6 heterocycles. The van der Waals surface area contributed by atoms with Gasteiger partial charge in [-0.1, -0.05) is 43.7 Å². The summed E-state index contributed by atoms with van der Waals surface area (Å²) in [6.07, 6.45) is 5.05. The van der Waals surface area contributed by atoms with Gasteiger partial charge in [-0.15, -0.1) is 0 Å². The number of ether oxygens (including phenoxy) is 2. The third-order valence-electron chi connectivity index (χ3n) is 14.9. The number of aryl methyl sites for hydroxylation is 1. The molecule has 4 atom stereocenters. The van der Waals surface area contributed by atoms with Crippen LogP contribution >= 0.6 is 0 Å². The number of aromatic nitrogens is 2. The van der Waals surface area contributed by atoms with E-state index in [9.17, 15) is 53.1 Å². The number of fused-ring (bicyclic) bond motifs is 5. The molecule has 4 aliphatic heterocycles. The normalized spacial score (nSPS) is 19.2. The van der Waals surface area contributed by atoms with Crippen molar-refractivity contribution in [3.63, 3.8) is 0 Å². The first-order valence-corrected chi connectivity index (χ1v) is 25.6. The van der Waals surface area contributed by atoms with E-state index in [1.54, 1.807) is 55.1 Å². The molecule has 404 valence electrons. The van der Waals surface area contributed by atoms with Crippen molar-refractivity contribution >= 4 is 64.1 Å². The highest BCUT2D eigenvalue weighted by atomic mass is 19.1. The Morgan fingerprint density at radius 1 is 0.883 bits per heavy atom. The number of hydrogen-bond acceptors (Lipinski definition) is 14. The Kier molecular flexibility index (Phi) is 15.7. The number of benzene rings is 2. The highest BCUT2D eigenvalue weighted by Crippen LogP contribution is 2.49. The molecule has 0 radical (unpaired) electrons. The van der Waals surface area contributed by atoms with Crippen LogP contribution in [0.5, 0.6) is 0 Å². The summed E-state index contributed by atoms with van der Waals surface area (Å²) in [5, 5.41) is 24.6. The summed E-state index contributed by atoms with van der Waals surface area (Å²) < 4.78 is 27.9. The number of aliphatic hydroxyl groups is 1. The molecule has 1 fully saturated rings. The van der Waals surface area contributed by atoms with Gasteiger partial charge in [0.15, 0.2) is 5.60 Å². The smallest absolute Gasteiger partial charge is 0.343 e. The second-order valence-electron chi connectivity index (χ2n) is 19.7. The second kappa shape index (κ2) is 22.6. The van der Waals surface area contributed by atoms with Gasteiger partial charge in [-0.3, -0.25) is 48.1 Å². The van der Waals surface area contributed by atoms with Gasteiger partial charge >= 0.3 is 5.97 Å². The zero-order chi connectivity index (χ0) is 54.7. The molecule has 1 unspecified atom stereocenters. The van der Waals surface area contributed by atoms with Gasteiger partial charge in [0.05, 0.1) is 67.2 Å². The van der Waals surface area contributed by atoms with Gasteiger partial charge in [-0.2, -0.15) is 0 Å². The van der Waals surface area contributed by atoms with Gasteiger partial charge in [-0.05, 0) is 67.3 Å². The molecule has 1 aliphatic carbocycles. The van der Waals surface area contributed by atoms with Crippen molar-refractivity contribution in [3.8, 4) is 11.4 Å². The monoisotopic (exact) mass is 1060 g/mol. The van der Waals surface area contributed by atoms with Gasteiger partial charge in [-0.25, -0.2) is 14.2 Å². The second-order valence-corrected chi connectivity index (χ2v) is 19.7. The molecular formula is C54H58FN9O13. The maximum Gasteiger partial charge on any atom is 0.343 e. The molecule has 77 heavy (non-hydrogen) atoms. The van der Waals surface area contributed by atoms with Crippen LogP contribution in [0.25, 0.3) is 22.3 Å². The minimum absolute atomic E-state index is 0.0336.